The predicted octanol–water partition coefficient (Wildman–Crippen LogP) is 0.954. The van der Waals surface area contributed by atoms with Gasteiger partial charge in [-0.15, -0.1) is 0 Å². The number of likely N-dealkylation sites (N-methyl/N-ethyl adjacent to an activating group) is 1. The summed E-state index contributed by atoms with van der Waals surface area (Å²) in [6, 6.07) is 7.82. The molecule has 2 aromatic rings. The Labute approximate surface area is 123 Å². The highest BCUT2D eigenvalue weighted by molar-refractivity contribution is 6.09. The molecule has 1 aliphatic heterocycles. The van der Waals surface area contributed by atoms with Gasteiger partial charge in [0, 0.05) is 24.2 Å². The summed E-state index contributed by atoms with van der Waals surface area (Å²) < 4.78 is 0. The molecule has 21 heavy (non-hydrogen) atoms. The highest BCUT2D eigenvalue weighted by Crippen LogP contribution is 2.24. The first-order chi connectivity index (χ1) is 10.2. The van der Waals surface area contributed by atoms with Crippen molar-refractivity contribution in [3.05, 3.63) is 36.0 Å². The van der Waals surface area contributed by atoms with E-state index in [1.807, 2.05) is 24.3 Å². The van der Waals surface area contributed by atoms with Crippen molar-refractivity contribution in [3.8, 4) is 0 Å². The fraction of sp³-hybridized carbons (Fsp3) is 0.333. The maximum atomic E-state index is 12.5. The minimum atomic E-state index is -0.0810. The van der Waals surface area contributed by atoms with E-state index in [0.717, 1.165) is 30.3 Å². The van der Waals surface area contributed by atoms with Crippen LogP contribution in [0.25, 0.3) is 10.8 Å². The number of carbonyl (C=O) groups excluding carboxylic acids is 1. The predicted molar refractivity (Wildman–Crippen MR) is 82.9 cm³/mol. The summed E-state index contributed by atoms with van der Waals surface area (Å²) in [5, 5.41) is 4.78. The highest BCUT2D eigenvalue weighted by atomic mass is 16.1. The average molecular weight is 285 g/mol. The van der Waals surface area contributed by atoms with E-state index < -0.39 is 0 Å². The first-order valence-electron chi connectivity index (χ1n) is 7.03. The molecule has 1 aromatic heterocycles. The van der Waals surface area contributed by atoms with Crippen LogP contribution in [0.15, 0.2) is 30.5 Å². The largest absolute Gasteiger partial charge is 0.348 e. The standard InChI is InChI=1S/C15H19N5O/c1-20-7-6-10(9-20)18-15(21)13-8-17-14(19-16)12-5-3-2-4-11(12)13/h2-5,8,10H,6-7,9,16H2,1H3,(H,17,19)(H,18,21). The van der Waals surface area contributed by atoms with Gasteiger partial charge in [-0.1, -0.05) is 24.3 Å². The Hall–Kier alpha value is -2.18. The number of nitrogens with two attached hydrogens (primary N) is 1. The van der Waals surface area contributed by atoms with Gasteiger partial charge in [-0.05, 0) is 25.4 Å². The second kappa shape index (κ2) is 5.67. The van der Waals surface area contributed by atoms with E-state index in [-0.39, 0.29) is 11.9 Å². The van der Waals surface area contributed by atoms with Crippen LogP contribution in [-0.2, 0) is 0 Å². The quantitative estimate of drug-likeness (QED) is 0.578. The van der Waals surface area contributed by atoms with Crippen molar-refractivity contribution in [2.24, 2.45) is 5.84 Å². The lowest BCUT2D eigenvalue weighted by molar-refractivity contribution is 0.0940. The van der Waals surface area contributed by atoms with Gasteiger partial charge in [0.2, 0.25) is 0 Å². The van der Waals surface area contributed by atoms with Crippen LogP contribution in [-0.4, -0.2) is 42.0 Å². The summed E-state index contributed by atoms with van der Waals surface area (Å²) in [4.78, 5) is 18.9. The van der Waals surface area contributed by atoms with E-state index in [9.17, 15) is 4.79 Å². The Kier molecular flexibility index (Phi) is 3.72. The zero-order valence-corrected chi connectivity index (χ0v) is 12.0. The molecule has 3 rings (SSSR count). The molecule has 2 heterocycles. The van der Waals surface area contributed by atoms with Gasteiger partial charge >= 0.3 is 0 Å². The molecule has 0 saturated carbocycles. The second-order valence-corrected chi connectivity index (χ2v) is 5.43. The van der Waals surface area contributed by atoms with Crippen molar-refractivity contribution in [3.63, 3.8) is 0 Å². The first kappa shape index (κ1) is 13.8. The maximum absolute atomic E-state index is 12.5. The molecule has 6 nitrogen and oxygen atoms in total. The number of carbonyl (C=O) groups is 1. The molecule has 1 saturated heterocycles. The van der Waals surface area contributed by atoms with Crippen LogP contribution >= 0.6 is 0 Å². The molecule has 110 valence electrons. The van der Waals surface area contributed by atoms with Crippen LogP contribution in [0, 0.1) is 0 Å². The van der Waals surface area contributed by atoms with E-state index in [2.05, 4.69) is 27.7 Å². The Morgan fingerprint density at radius 1 is 1.38 bits per heavy atom. The second-order valence-electron chi connectivity index (χ2n) is 5.43. The number of fused-ring (bicyclic) bond motifs is 1. The Bertz CT molecular complexity index is 672. The van der Waals surface area contributed by atoms with Gasteiger partial charge in [-0.25, -0.2) is 10.8 Å². The molecule has 6 heteroatoms. The van der Waals surface area contributed by atoms with Crippen LogP contribution in [0.4, 0.5) is 5.82 Å². The van der Waals surface area contributed by atoms with Crippen LogP contribution in [0.2, 0.25) is 0 Å². The van der Waals surface area contributed by atoms with Crippen molar-refractivity contribution < 1.29 is 4.79 Å². The summed E-state index contributed by atoms with van der Waals surface area (Å²) in [7, 11) is 2.06. The summed E-state index contributed by atoms with van der Waals surface area (Å²) in [6.07, 6.45) is 2.56. The van der Waals surface area contributed by atoms with E-state index in [1.165, 1.54) is 0 Å². The lowest BCUT2D eigenvalue weighted by Gasteiger charge is -2.14. The Morgan fingerprint density at radius 3 is 2.81 bits per heavy atom. The van der Waals surface area contributed by atoms with Gasteiger partial charge in [-0.2, -0.15) is 0 Å². The van der Waals surface area contributed by atoms with E-state index in [0.29, 0.717) is 11.4 Å². The van der Waals surface area contributed by atoms with Gasteiger partial charge in [0.25, 0.3) is 5.91 Å². The number of hydrogen-bond donors (Lipinski definition) is 3. The highest BCUT2D eigenvalue weighted by Gasteiger charge is 2.22. The molecule has 0 bridgehead atoms. The van der Waals surface area contributed by atoms with E-state index in [4.69, 9.17) is 5.84 Å². The number of likely N-dealkylation sites (tertiary alicyclic amines) is 1. The number of anilines is 1. The number of nitrogens with one attached hydrogen (secondary N) is 2. The van der Waals surface area contributed by atoms with E-state index in [1.54, 1.807) is 6.20 Å². The number of nitrogens with zero attached hydrogens (tertiary/aromatic N) is 2. The Morgan fingerprint density at radius 2 is 2.14 bits per heavy atom. The average Bonchev–Trinajstić information content (AvgIpc) is 2.91. The topological polar surface area (TPSA) is 83.3 Å². The van der Waals surface area contributed by atoms with Gasteiger partial charge in [-0.3, -0.25) is 4.79 Å². The summed E-state index contributed by atoms with van der Waals surface area (Å²) in [6.45, 7) is 1.90. The van der Waals surface area contributed by atoms with Crippen LogP contribution in [0.1, 0.15) is 16.8 Å². The molecule has 1 fully saturated rings. The minimum Gasteiger partial charge on any atom is -0.348 e. The number of nitrogen functional groups attached to an aromatic ring is 1. The number of rotatable bonds is 3. The molecular formula is C15H19N5O. The van der Waals surface area contributed by atoms with Crippen molar-refractivity contribution in [1.29, 1.82) is 0 Å². The summed E-state index contributed by atoms with van der Waals surface area (Å²) in [5.41, 5.74) is 3.15. The zero-order chi connectivity index (χ0) is 14.8. The van der Waals surface area contributed by atoms with Crippen LogP contribution < -0.4 is 16.6 Å². The fourth-order valence-corrected chi connectivity index (χ4v) is 2.80. The molecule has 1 aliphatic rings. The third-order valence-corrected chi connectivity index (χ3v) is 3.90. The normalized spacial score (nSPS) is 18.9. The van der Waals surface area contributed by atoms with Gasteiger partial charge in [0.15, 0.2) is 0 Å². The number of aromatic nitrogens is 1. The lowest BCUT2D eigenvalue weighted by Crippen LogP contribution is -2.36. The lowest BCUT2D eigenvalue weighted by atomic mass is 10.1. The smallest absolute Gasteiger partial charge is 0.253 e. The SMILES string of the molecule is CN1CCC(NC(=O)c2cnc(NN)c3ccccc23)C1. The molecule has 4 N–H and O–H groups in total. The molecule has 1 atom stereocenters. The number of hydrazine groups is 1. The first-order valence-corrected chi connectivity index (χ1v) is 7.03. The van der Waals surface area contributed by atoms with Crippen molar-refractivity contribution in [1.82, 2.24) is 15.2 Å². The zero-order valence-electron chi connectivity index (χ0n) is 12.0. The minimum absolute atomic E-state index is 0.0810. The van der Waals surface area contributed by atoms with Crippen molar-refractivity contribution in [2.45, 2.75) is 12.5 Å². The van der Waals surface area contributed by atoms with Gasteiger partial charge in [0.1, 0.15) is 5.82 Å². The number of amides is 1. The number of hydrogen-bond acceptors (Lipinski definition) is 5. The maximum Gasteiger partial charge on any atom is 0.253 e. The van der Waals surface area contributed by atoms with Gasteiger partial charge < -0.3 is 15.6 Å². The molecular weight excluding hydrogens is 266 g/mol. The Balaban J connectivity index is 1.91. The molecule has 1 unspecified atom stereocenters. The molecule has 1 amide bonds. The molecule has 0 radical (unpaired) electrons. The van der Waals surface area contributed by atoms with Crippen molar-refractivity contribution >= 4 is 22.5 Å². The fourth-order valence-electron chi connectivity index (χ4n) is 2.80. The number of pyridine rings is 1. The van der Waals surface area contributed by atoms with Gasteiger partial charge in [0.05, 0.1) is 5.56 Å². The molecule has 0 spiro atoms. The van der Waals surface area contributed by atoms with E-state index >= 15 is 0 Å². The summed E-state index contributed by atoms with van der Waals surface area (Å²) in [5.74, 6) is 5.96. The summed E-state index contributed by atoms with van der Waals surface area (Å²) >= 11 is 0. The third kappa shape index (κ3) is 2.68. The molecule has 0 aliphatic carbocycles. The van der Waals surface area contributed by atoms with Crippen LogP contribution in [0.5, 0.6) is 0 Å². The van der Waals surface area contributed by atoms with Crippen molar-refractivity contribution in [2.75, 3.05) is 25.6 Å². The van der Waals surface area contributed by atoms with Crippen LogP contribution in [0.3, 0.4) is 0 Å². The monoisotopic (exact) mass is 285 g/mol. The third-order valence-electron chi connectivity index (χ3n) is 3.90. The molecule has 1 aromatic carbocycles. The number of benzene rings is 1.